The molecule has 1 fully saturated rings. The van der Waals surface area contributed by atoms with Gasteiger partial charge in [-0.15, -0.1) is 0 Å². The van der Waals surface area contributed by atoms with Crippen molar-refractivity contribution in [2.45, 2.75) is 40.5 Å². The van der Waals surface area contributed by atoms with Crippen LogP contribution in [0.2, 0.25) is 0 Å². The first-order chi connectivity index (χ1) is 9.35. The van der Waals surface area contributed by atoms with Gasteiger partial charge in [-0.1, -0.05) is 27.7 Å². The van der Waals surface area contributed by atoms with Crippen LogP contribution < -0.4 is 5.32 Å². The third-order valence-corrected chi connectivity index (χ3v) is 2.50. The van der Waals surface area contributed by atoms with Gasteiger partial charge >= 0.3 is 0 Å². The number of hydrogen-bond acceptors (Lipinski definition) is 4. The van der Waals surface area contributed by atoms with E-state index >= 15 is 0 Å². The lowest BCUT2D eigenvalue weighted by molar-refractivity contribution is 0.0205. The first kappa shape index (κ1) is 21.1. The number of rotatable bonds is 7. The zero-order valence-corrected chi connectivity index (χ0v) is 13.8. The minimum atomic E-state index is 0.869. The van der Waals surface area contributed by atoms with Crippen molar-refractivity contribution in [2.75, 3.05) is 59.7 Å². The highest BCUT2D eigenvalue weighted by atomic mass is 16.5. The SMILES string of the molecule is CC.CCCNC.CCCOCCN1CCOCC1. The maximum atomic E-state index is 5.40. The van der Waals surface area contributed by atoms with Crippen LogP contribution in [0.25, 0.3) is 0 Å². The summed E-state index contributed by atoms with van der Waals surface area (Å²) in [6.07, 6.45) is 2.35. The molecule has 1 rings (SSSR count). The van der Waals surface area contributed by atoms with E-state index in [-0.39, 0.29) is 0 Å². The van der Waals surface area contributed by atoms with E-state index in [2.05, 4.69) is 24.1 Å². The fraction of sp³-hybridized carbons (Fsp3) is 1.00. The highest BCUT2D eigenvalue weighted by molar-refractivity contribution is 4.60. The minimum Gasteiger partial charge on any atom is -0.380 e. The predicted octanol–water partition coefficient (Wildman–Crippen LogP) is 2.39. The second kappa shape index (κ2) is 20.2. The third-order valence-electron chi connectivity index (χ3n) is 2.50. The topological polar surface area (TPSA) is 33.7 Å². The Hall–Kier alpha value is -0.160. The van der Waals surface area contributed by atoms with E-state index < -0.39 is 0 Å². The van der Waals surface area contributed by atoms with Crippen molar-refractivity contribution in [3.8, 4) is 0 Å². The Morgan fingerprint density at radius 1 is 1.05 bits per heavy atom. The van der Waals surface area contributed by atoms with Crippen molar-refractivity contribution in [2.24, 2.45) is 0 Å². The Bertz CT molecular complexity index is 138. The van der Waals surface area contributed by atoms with Gasteiger partial charge in [-0.2, -0.15) is 0 Å². The quantitative estimate of drug-likeness (QED) is 0.724. The standard InChI is InChI=1S/C9H19NO2.C4H11N.C2H6/c1-2-6-11-7-3-10-4-8-12-9-5-10;1-3-4-5-2;1-2/h2-9H2,1H3;5H,3-4H2,1-2H3;1-2H3. The van der Waals surface area contributed by atoms with Crippen molar-refractivity contribution >= 4 is 0 Å². The van der Waals surface area contributed by atoms with E-state index in [1.807, 2.05) is 20.9 Å². The van der Waals surface area contributed by atoms with Crippen LogP contribution >= 0.6 is 0 Å². The van der Waals surface area contributed by atoms with Gasteiger partial charge in [-0.3, -0.25) is 4.90 Å². The van der Waals surface area contributed by atoms with Gasteiger partial charge in [0, 0.05) is 26.2 Å². The highest BCUT2D eigenvalue weighted by Gasteiger charge is 2.08. The Kier molecular flexibility index (Phi) is 22.4. The molecular weight excluding hydrogens is 240 g/mol. The van der Waals surface area contributed by atoms with E-state index in [0.29, 0.717) is 0 Å². The lowest BCUT2D eigenvalue weighted by Gasteiger charge is -2.26. The summed E-state index contributed by atoms with van der Waals surface area (Å²) in [6.45, 7) is 16.1. The largest absolute Gasteiger partial charge is 0.380 e. The molecule has 0 atom stereocenters. The zero-order valence-electron chi connectivity index (χ0n) is 13.8. The van der Waals surface area contributed by atoms with E-state index in [9.17, 15) is 0 Å². The van der Waals surface area contributed by atoms with Crippen LogP contribution in [-0.4, -0.2) is 64.6 Å². The van der Waals surface area contributed by atoms with Gasteiger partial charge in [0.1, 0.15) is 0 Å². The average Bonchev–Trinajstić information content (AvgIpc) is 2.48. The molecule has 4 nitrogen and oxygen atoms in total. The molecule has 19 heavy (non-hydrogen) atoms. The average molecular weight is 276 g/mol. The van der Waals surface area contributed by atoms with Crippen LogP contribution in [0, 0.1) is 0 Å². The van der Waals surface area contributed by atoms with Gasteiger partial charge in [0.15, 0.2) is 0 Å². The zero-order chi connectivity index (χ0) is 14.8. The Morgan fingerprint density at radius 3 is 2.11 bits per heavy atom. The summed E-state index contributed by atoms with van der Waals surface area (Å²) in [5, 5.41) is 3.02. The first-order valence-electron chi connectivity index (χ1n) is 7.87. The molecule has 0 spiro atoms. The summed E-state index contributed by atoms with van der Waals surface area (Å²) in [6, 6.07) is 0. The second-order valence-electron chi connectivity index (χ2n) is 4.17. The van der Waals surface area contributed by atoms with Crippen molar-refractivity contribution in [3.05, 3.63) is 0 Å². The maximum absolute atomic E-state index is 5.40. The van der Waals surface area contributed by atoms with Crippen molar-refractivity contribution in [3.63, 3.8) is 0 Å². The molecule has 0 aromatic carbocycles. The van der Waals surface area contributed by atoms with Crippen LogP contribution in [0.1, 0.15) is 40.5 Å². The van der Waals surface area contributed by atoms with Crippen molar-refractivity contribution in [1.29, 1.82) is 0 Å². The molecule has 1 aliphatic heterocycles. The van der Waals surface area contributed by atoms with E-state index in [0.717, 1.165) is 59.0 Å². The molecule has 0 aliphatic carbocycles. The lowest BCUT2D eigenvalue weighted by atomic mass is 10.4. The summed E-state index contributed by atoms with van der Waals surface area (Å²) < 4.78 is 10.6. The molecule has 1 heterocycles. The van der Waals surface area contributed by atoms with Gasteiger partial charge in [0.25, 0.3) is 0 Å². The lowest BCUT2D eigenvalue weighted by Crippen LogP contribution is -2.38. The van der Waals surface area contributed by atoms with Crippen LogP contribution in [0.5, 0.6) is 0 Å². The fourth-order valence-electron chi connectivity index (χ4n) is 1.51. The van der Waals surface area contributed by atoms with Crippen LogP contribution in [0.4, 0.5) is 0 Å². The maximum Gasteiger partial charge on any atom is 0.0594 e. The van der Waals surface area contributed by atoms with E-state index in [1.54, 1.807) is 0 Å². The molecule has 4 heteroatoms. The molecule has 1 N–H and O–H groups in total. The van der Waals surface area contributed by atoms with Crippen LogP contribution in [0.15, 0.2) is 0 Å². The normalized spacial score (nSPS) is 15.0. The Morgan fingerprint density at radius 2 is 1.68 bits per heavy atom. The predicted molar refractivity (Wildman–Crippen MR) is 83.9 cm³/mol. The second-order valence-corrected chi connectivity index (χ2v) is 4.17. The molecule has 0 bridgehead atoms. The monoisotopic (exact) mass is 276 g/mol. The summed E-state index contributed by atoms with van der Waals surface area (Å²) in [7, 11) is 1.96. The van der Waals surface area contributed by atoms with Crippen LogP contribution in [0.3, 0.4) is 0 Å². The fourth-order valence-corrected chi connectivity index (χ4v) is 1.51. The third kappa shape index (κ3) is 17.8. The van der Waals surface area contributed by atoms with E-state index in [4.69, 9.17) is 9.47 Å². The molecule has 0 saturated carbocycles. The molecule has 0 aromatic heterocycles. The first-order valence-corrected chi connectivity index (χ1v) is 7.87. The summed E-state index contributed by atoms with van der Waals surface area (Å²) in [4.78, 5) is 2.39. The number of ether oxygens (including phenoxy) is 2. The number of nitrogens with one attached hydrogen (secondary N) is 1. The van der Waals surface area contributed by atoms with Gasteiger partial charge in [-0.05, 0) is 26.4 Å². The molecule has 118 valence electrons. The molecule has 0 unspecified atom stereocenters. The molecule has 0 aromatic rings. The van der Waals surface area contributed by atoms with Gasteiger partial charge in [0.05, 0.1) is 19.8 Å². The molecule has 0 radical (unpaired) electrons. The number of morpholine rings is 1. The highest BCUT2D eigenvalue weighted by Crippen LogP contribution is 1.95. The van der Waals surface area contributed by atoms with Crippen molar-refractivity contribution < 1.29 is 9.47 Å². The molecule has 1 saturated heterocycles. The number of hydrogen-bond donors (Lipinski definition) is 1. The molecule has 1 aliphatic rings. The number of nitrogens with zero attached hydrogens (tertiary/aromatic N) is 1. The van der Waals surface area contributed by atoms with Crippen LogP contribution in [-0.2, 0) is 9.47 Å². The van der Waals surface area contributed by atoms with Gasteiger partial charge in [-0.25, -0.2) is 0 Å². The Labute approximate surface area is 120 Å². The Balaban J connectivity index is 0. The van der Waals surface area contributed by atoms with Gasteiger partial charge < -0.3 is 14.8 Å². The minimum absolute atomic E-state index is 0.869. The van der Waals surface area contributed by atoms with Crippen molar-refractivity contribution in [1.82, 2.24) is 10.2 Å². The summed E-state index contributed by atoms with van der Waals surface area (Å²) in [5.74, 6) is 0. The van der Waals surface area contributed by atoms with Gasteiger partial charge in [0.2, 0.25) is 0 Å². The van der Waals surface area contributed by atoms with E-state index in [1.165, 1.54) is 6.42 Å². The summed E-state index contributed by atoms with van der Waals surface area (Å²) in [5.41, 5.74) is 0. The molecular formula is C15H36N2O2. The smallest absolute Gasteiger partial charge is 0.0594 e. The molecule has 0 amide bonds. The summed E-state index contributed by atoms with van der Waals surface area (Å²) >= 11 is 0.